The first-order chi connectivity index (χ1) is 10.4. The number of aryl methyl sites for hydroxylation is 1. The molecule has 1 atom stereocenters. The van der Waals surface area contributed by atoms with Gasteiger partial charge in [-0.15, -0.1) is 0 Å². The molecule has 0 amide bonds. The standard InChI is InChI=1S/C17H14Cl2O3/c1-10-6-8-12(9-7-10)16(20)11(2)22-17(21)15-13(18)4-3-5-14(15)19/h3-9,11H,1-2H3. The molecule has 0 spiro atoms. The minimum atomic E-state index is -0.928. The molecule has 2 aromatic carbocycles. The molecule has 0 heterocycles. The predicted molar refractivity (Wildman–Crippen MR) is 86.8 cm³/mol. The normalized spacial score (nSPS) is 11.8. The fourth-order valence-electron chi connectivity index (χ4n) is 1.92. The number of hydrogen-bond donors (Lipinski definition) is 0. The topological polar surface area (TPSA) is 43.4 Å². The van der Waals surface area contributed by atoms with Crippen molar-refractivity contribution in [1.29, 1.82) is 0 Å². The lowest BCUT2D eigenvalue weighted by Gasteiger charge is -2.14. The third-order valence-corrected chi connectivity index (χ3v) is 3.79. The number of ketones is 1. The van der Waals surface area contributed by atoms with Crippen molar-refractivity contribution in [2.75, 3.05) is 0 Å². The summed E-state index contributed by atoms with van der Waals surface area (Å²) in [6.45, 7) is 3.45. The van der Waals surface area contributed by atoms with Crippen molar-refractivity contribution >= 4 is 35.0 Å². The molecule has 0 radical (unpaired) electrons. The van der Waals surface area contributed by atoms with Crippen LogP contribution in [0.1, 0.15) is 33.2 Å². The van der Waals surface area contributed by atoms with Crippen LogP contribution in [-0.4, -0.2) is 17.9 Å². The fraction of sp³-hybridized carbons (Fsp3) is 0.176. The number of Topliss-reactive ketones (excluding diaryl/α,β-unsaturated/α-hetero) is 1. The van der Waals surface area contributed by atoms with Gasteiger partial charge in [0.05, 0.1) is 15.6 Å². The molecule has 0 N–H and O–H groups in total. The van der Waals surface area contributed by atoms with E-state index in [0.717, 1.165) is 5.56 Å². The van der Waals surface area contributed by atoms with Crippen LogP contribution in [-0.2, 0) is 4.74 Å². The quantitative estimate of drug-likeness (QED) is 0.598. The molecule has 1 unspecified atom stereocenters. The van der Waals surface area contributed by atoms with Crippen LogP contribution >= 0.6 is 23.2 Å². The van der Waals surface area contributed by atoms with Gasteiger partial charge in [-0.25, -0.2) is 4.79 Å². The molecule has 22 heavy (non-hydrogen) atoms. The Hall–Kier alpha value is -1.84. The van der Waals surface area contributed by atoms with E-state index in [4.69, 9.17) is 27.9 Å². The lowest BCUT2D eigenvalue weighted by atomic mass is 10.1. The summed E-state index contributed by atoms with van der Waals surface area (Å²) in [4.78, 5) is 24.4. The summed E-state index contributed by atoms with van der Waals surface area (Å²) in [7, 11) is 0. The Morgan fingerprint density at radius 1 is 1.00 bits per heavy atom. The van der Waals surface area contributed by atoms with Crippen LogP contribution in [0.5, 0.6) is 0 Å². The van der Waals surface area contributed by atoms with Crippen LogP contribution in [0.2, 0.25) is 10.0 Å². The molecule has 0 saturated carbocycles. The van der Waals surface area contributed by atoms with E-state index in [1.54, 1.807) is 18.2 Å². The van der Waals surface area contributed by atoms with E-state index < -0.39 is 12.1 Å². The lowest BCUT2D eigenvalue weighted by Crippen LogP contribution is -2.24. The van der Waals surface area contributed by atoms with Gasteiger partial charge >= 0.3 is 5.97 Å². The lowest BCUT2D eigenvalue weighted by molar-refractivity contribution is 0.0319. The largest absolute Gasteiger partial charge is 0.451 e. The van der Waals surface area contributed by atoms with Crippen molar-refractivity contribution in [1.82, 2.24) is 0 Å². The highest BCUT2D eigenvalue weighted by Crippen LogP contribution is 2.25. The molecule has 0 aliphatic carbocycles. The zero-order chi connectivity index (χ0) is 16.3. The van der Waals surface area contributed by atoms with E-state index >= 15 is 0 Å². The number of halogens is 2. The van der Waals surface area contributed by atoms with Gasteiger partial charge in [0.25, 0.3) is 0 Å². The van der Waals surface area contributed by atoms with Crippen molar-refractivity contribution < 1.29 is 14.3 Å². The van der Waals surface area contributed by atoms with Gasteiger partial charge in [-0.3, -0.25) is 4.79 Å². The van der Waals surface area contributed by atoms with Crippen LogP contribution in [0.25, 0.3) is 0 Å². The van der Waals surface area contributed by atoms with Gasteiger partial charge in [-0.1, -0.05) is 59.1 Å². The van der Waals surface area contributed by atoms with Crippen molar-refractivity contribution in [3.8, 4) is 0 Å². The number of carbonyl (C=O) groups is 2. The molecule has 0 fully saturated rings. The molecule has 0 bridgehead atoms. The summed E-state index contributed by atoms with van der Waals surface area (Å²) in [5, 5.41) is 0.375. The first-order valence-corrected chi connectivity index (χ1v) is 7.41. The Labute approximate surface area is 138 Å². The average molecular weight is 337 g/mol. The molecule has 2 aromatic rings. The number of ether oxygens (including phenoxy) is 1. The zero-order valence-electron chi connectivity index (χ0n) is 12.1. The van der Waals surface area contributed by atoms with Crippen LogP contribution in [0.3, 0.4) is 0 Å². The van der Waals surface area contributed by atoms with Crippen LogP contribution < -0.4 is 0 Å². The fourth-order valence-corrected chi connectivity index (χ4v) is 2.47. The Morgan fingerprint density at radius 3 is 2.09 bits per heavy atom. The summed E-state index contributed by atoms with van der Waals surface area (Å²) in [5.74, 6) is -1.000. The number of carbonyl (C=O) groups excluding carboxylic acids is 2. The molecular weight excluding hydrogens is 323 g/mol. The number of rotatable bonds is 4. The number of benzene rings is 2. The van der Waals surface area contributed by atoms with Gasteiger partial charge in [0.1, 0.15) is 0 Å². The van der Waals surface area contributed by atoms with Crippen LogP contribution in [0.15, 0.2) is 42.5 Å². The summed E-state index contributed by atoms with van der Waals surface area (Å²) >= 11 is 11.9. The maximum Gasteiger partial charge on any atom is 0.341 e. The first kappa shape index (κ1) is 16.5. The summed E-state index contributed by atoms with van der Waals surface area (Å²) in [5.41, 5.74) is 1.59. The number of hydrogen-bond acceptors (Lipinski definition) is 3. The molecule has 2 rings (SSSR count). The molecule has 3 nitrogen and oxygen atoms in total. The molecule has 114 valence electrons. The van der Waals surface area contributed by atoms with Crippen LogP contribution in [0.4, 0.5) is 0 Å². The van der Waals surface area contributed by atoms with Gasteiger partial charge in [0.2, 0.25) is 5.78 Å². The SMILES string of the molecule is Cc1ccc(C(=O)C(C)OC(=O)c2c(Cl)cccc2Cl)cc1. The first-order valence-electron chi connectivity index (χ1n) is 6.66. The third-order valence-electron chi connectivity index (χ3n) is 3.16. The Bertz CT molecular complexity index is 688. The van der Waals surface area contributed by atoms with E-state index in [1.165, 1.54) is 19.1 Å². The minimum absolute atomic E-state index is 0.0642. The van der Waals surface area contributed by atoms with E-state index in [2.05, 4.69) is 0 Å². The maximum atomic E-state index is 12.2. The van der Waals surface area contributed by atoms with E-state index in [-0.39, 0.29) is 21.4 Å². The Balaban J connectivity index is 2.14. The van der Waals surface area contributed by atoms with Gasteiger partial charge in [0, 0.05) is 5.56 Å². The summed E-state index contributed by atoms with van der Waals surface area (Å²) in [6.07, 6.45) is -0.928. The van der Waals surface area contributed by atoms with Crippen molar-refractivity contribution in [2.24, 2.45) is 0 Å². The second-order valence-corrected chi connectivity index (χ2v) is 5.69. The summed E-state index contributed by atoms with van der Waals surface area (Å²) in [6, 6.07) is 11.8. The molecule has 0 aliphatic heterocycles. The highest BCUT2D eigenvalue weighted by molar-refractivity contribution is 6.39. The Morgan fingerprint density at radius 2 is 1.55 bits per heavy atom. The second-order valence-electron chi connectivity index (χ2n) is 4.87. The van der Waals surface area contributed by atoms with E-state index in [9.17, 15) is 9.59 Å². The van der Waals surface area contributed by atoms with E-state index in [0.29, 0.717) is 5.56 Å². The van der Waals surface area contributed by atoms with E-state index in [1.807, 2.05) is 19.1 Å². The monoisotopic (exact) mass is 336 g/mol. The second kappa shape index (κ2) is 6.95. The molecular formula is C17H14Cl2O3. The summed E-state index contributed by atoms with van der Waals surface area (Å²) < 4.78 is 5.19. The third kappa shape index (κ3) is 3.67. The highest BCUT2D eigenvalue weighted by atomic mass is 35.5. The van der Waals surface area contributed by atoms with Crippen molar-refractivity contribution in [2.45, 2.75) is 20.0 Å². The number of esters is 1. The molecule has 0 aromatic heterocycles. The van der Waals surface area contributed by atoms with Crippen molar-refractivity contribution in [3.05, 3.63) is 69.2 Å². The van der Waals surface area contributed by atoms with Crippen LogP contribution in [0, 0.1) is 6.92 Å². The molecule has 5 heteroatoms. The van der Waals surface area contributed by atoms with Crippen molar-refractivity contribution in [3.63, 3.8) is 0 Å². The smallest absolute Gasteiger partial charge is 0.341 e. The maximum absolute atomic E-state index is 12.2. The minimum Gasteiger partial charge on any atom is -0.451 e. The van der Waals surface area contributed by atoms with Gasteiger partial charge in [-0.05, 0) is 26.0 Å². The van der Waals surface area contributed by atoms with Gasteiger partial charge in [-0.2, -0.15) is 0 Å². The Kier molecular flexibility index (Phi) is 5.22. The van der Waals surface area contributed by atoms with Gasteiger partial charge in [0.15, 0.2) is 6.10 Å². The average Bonchev–Trinajstić information content (AvgIpc) is 2.47. The zero-order valence-corrected chi connectivity index (χ0v) is 13.6. The molecule has 0 aliphatic rings. The predicted octanol–water partition coefficient (Wildman–Crippen LogP) is 4.73. The molecule has 0 saturated heterocycles. The highest BCUT2D eigenvalue weighted by Gasteiger charge is 2.23. The van der Waals surface area contributed by atoms with Gasteiger partial charge < -0.3 is 4.74 Å².